The molecule has 1 atom stereocenters. The highest BCUT2D eigenvalue weighted by molar-refractivity contribution is 9.10. The molecule has 0 aliphatic carbocycles. The van der Waals surface area contributed by atoms with Gasteiger partial charge in [-0.2, -0.15) is 0 Å². The van der Waals surface area contributed by atoms with Crippen LogP contribution in [0.5, 0.6) is 0 Å². The van der Waals surface area contributed by atoms with Gasteiger partial charge in [0, 0.05) is 43.0 Å². The van der Waals surface area contributed by atoms with Crippen molar-refractivity contribution in [2.24, 2.45) is 0 Å². The number of aromatic nitrogens is 1. The zero-order valence-corrected chi connectivity index (χ0v) is 13.2. The van der Waals surface area contributed by atoms with Gasteiger partial charge in [0.25, 0.3) is 0 Å². The van der Waals surface area contributed by atoms with E-state index >= 15 is 0 Å². The molecule has 0 unspecified atom stereocenters. The van der Waals surface area contributed by atoms with Gasteiger partial charge in [0.1, 0.15) is 0 Å². The van der Waals surface area contributed by atoms with Crippen molar-refractivity contribution < 1.29 is 0 Å². The molecule has 1 N–H and O–H groups in total. The molecular formula is C12H18BrCl2N3. The van der Waals surface area contributed by atoms with Gasteiger partial charge in [-0.1, -0.05) is 6.08 Å². The second-order valence-corrected chi connectivity index (χ2v) is 4.82. The Morgan fingerprint density at radius 1 is 1.33 bits per heavy atom. The van der Waals surface area contributed by atoms with Crippen LogP contribution in [0.1, 0.15) is 11.6 Å². The molecule has 0 spiro atoms. The van der Waals surface area contributed by atoms with Crippen molar-refractivity contribution >= 4 is 40.7 Å². The summed E-state index contributed by atoms with van der Waals surface area (Å²) in [6, 6.07) is 2.38. The lowest BCUT2D eigenvalue weighted by Gasteiger charge is -2.33. The van der Waals surface area contributed by atoms with E-state index in [2.05, 4.69) is 43.8 Å². The van der Waals surface area contributed by atoms with E-state index in [1.807, 2.05) is 12.3 Å². The first-order valence-electron chi connectivity index (χ1n) is 5.49. The van der Waals surface area contributed by atoms with Crippen molar-refractivity contribution in [3.8, 4) is 0 Å². The van der Waals surface area contributed by atoms with Crippen LogP contribution in [0.25, 0.3) is 0 Å². The minimum absolute atomic E-state index is 0. The van der Waals surface area contributed by atoms with Crippen molar-refractivity contribution in [3.63, 3.8) is 0 Å². The maximum atomic E-state index is 4.21. The lowest BCUT2D eigenvalue weighted by atomic mass is 10.1. The number of nitrogens with one attached hydrogen (secondary N) is 1. The van der Waals surface area contributed by atoms with Crippen LogP contribution in [0.3, 0.4) is 0 Å². The van der Waals surface area contributed by atoms with Crippen LogP contribution in [-0.4, -0.2) is 36.1 Å². The lowest BCUT2D eigenvalue weighted by molar-refractivity contribution is 0.203. The molecule has 1 aliphatic heterocycles. The Morgan fingerprint density at radius 3 is 2.56 bits per heavy atom. The Balaban J connectivity index is 0.00000144. The van der Waals surface area contributed by atoms with E-state index in [4.69, 9.17) is 0 Å². The van der Waals surface area contributed by atoms with Crippen molar-refractivity contribution in [1.82, 2.24) is 15.2 Å². The van der Waals surface area contributed by atoms with E-state index in [1.165, 1.54) is 5.56 Å². The highest BCUT2D eigenvalue weighted by atomic mass is 79.9. The number of nitrogens with zero attached hydrogens (tertiary/aromatic N) is 2. The smallest absolute Gasteiger partial charge is 0.0545 e. The van der Waals surface area contributed by atoms with Gasteiger partial charge in [-0.25, -0.2) is 0 Å². The zero-order chi connectivity index (χ0) is 11.4. The van der Waals surface area contributed by atoms with E-state index in [0.717, 1.165) is 30.7 Å². The Bertz CT molecular complexity index is 370. The second kappa shape index (κ2) is 8.88. The molecule has 0 amide bonds. The SMILES string of the molecule is C=C[C@H](c1cncc(Br)c1)N1CCNCC1.Cl.Cl. The fourth-order valence-electron chi connectivity index (χ4n) is 2.05. The summed E-state index contributed by atoms with van der Waals surface area (Å²) in [5, 5.41) is 3.36. The summed E-state index contributed by atoms with van der Waals surface area (Å²) in [6.45, 7) is 8.15. The van der Waals surface area contributed by atoms with Crippen LogP contribution in [-0.2, 0) is 0 Å². The number of pyridine rings is 1. The number of halogens is 3. The van der Waals surface area contributed by atoms with Crippen molar-refractivity contribution in [3.05, 3.63) is 41.2 Å². The molecule has 1 saturated heterocycles. The summed E-state index contributed by atoms with van der Waals surface area (Å²) in [5.41, 5.74) is 1.20. The fourth-order valence-corrected chi connectivity index (χ4v) is 2.43. The first kappa shape index (κ1) is 17.9. The highest BCUT2D eigenvalue weighted by Gasteiger charge is 2.19. The highest BCUT2D eigenvalue weighted by Crippen LogP contribution is 2.23. The van der Waals surface area contributed by atoms with Gasteiger partial charge in [0.2, 0.25) is 0 Å². The van der Waals surface area contributed by atoms with Gasteiger partial charge < -0.3 is 5.32 Å². The average Bonchev–Trinajstić information content (AvgIpc) is 2.31. The molecule has 0 bridgehead atoms. The molecule has 0 radical (unpaired) electrons. The van der Waals surface area contributed by atoms with Crippen LogP contribution in [0.15, 0.2) is 35.6 Å². The molecule has 102 valence electrons. The van der Waals surface area contributed by atoms with E-state index in [9.17, 15) is 0 Å². The largest absolute Gasteiger partial charge is 0.314 e. The maximum Gasteiger partial charge on any atom is 0.0545 e. The van der Waals surface area contributed by atoms with Gasteiger partial charge >= 0.3 is 0 Å². The van der Waals surface area contributed by atoms with Gasteiger partial charge in [0.15, 0.2) is 0 Å². The van der Waals surface area contributed by atoms with Crippen LogP contribution in [0, 0.1) is 0 Å². The molecule has 6 heteroatoms. The molecule has 18 heavy (non-hydrogen) atoms. The van der Waals surface area contributed by atoms with E-state index in [0.29, 0.717) is 0 Å². The predicted molar refractivity (Wildman–Crippen MR) is 83.8 cm³/mol. The molecule has 1 aliphatic rings. The molecule has 2 rings (SSSR count). The molecule has 0 aromatic carbocycles. The minimum Gasteiger partial charge on any atom is -0.314 e. The third kappa shape index (κ3) is 4.52. The first-order valence-corrected chi connectivity index (χ1v) is 6.28. The van der Waals surface area contributed by atoms with Crippen LogP contribution < -0.4 is 5.32 Å². The molecule has 1 aromatic rings. The zero-order valence-electron chi connectivity index (χ0n) is 10.0. The number of hydrogen-bond donors (Lipinski definition) is 1. The first-order chi connectivity index (χ1) is 7.81. The minimum atomic E-state index is 0. The number of piperazine rings is 1. The molecule has 1 fully saturated rings. The van der Waals surface area contributed by atoms with Gasteiger partial charge in [-0.15, -0.1) is 31.4 Å². The summed E-state index contributed by atoms with van der Waals surface area (Å²) in [7, 11) is 0. The summed E-state index contributed by atoms with van der Waals surface area (Å²) in [4.78, 5) is 6.63. The Labute approximate surface area is 129 Å². The monoisotopic (exact) mass is 353 g/mol. The summed E-state index contributed by atoms with van der Waals surface area (Å²) >= 11 is 3.46. The van der Waals surface area contributed by atoms with Gasteiger partial charge in [0.05, 0.1) is 6.04 Å². The summed E-state index contributed by atoms with van der Waals surface area (Å²) < 4.78 is 1.02. The van der Waals surface area contributed by atoms with Gasteiger partial charge in [-0.3, -0.25) is 9.88 Å². The van der Waals surface area contributed by atoms with Crippen LogP contribution >= 0.6 is 40.7 Å². The second-order valence-electron chi connectivity index (χ2n) is 3.90. The third-order valence-corrected chi connectivity index (χ3v) is 3.27. The number of rotatable bonds is 3. The third-order valence-electron chi connectivity index (χ3n) is 2.84. The molecule has 3 nitrogen and oxygen atoms in total. The van der Waals surface area contributed by atoms with Gasteiger partial charge in [-0.05, 0) is 27.6 Å². The summed E-state index contributed by atoms with van der Waals surface area (Å²) in [5.74, 6) is 0. The Hall–Kier alpha value is -0.130. The van der Waals surface area contributed by atoms with Crippen LogP contribution in [0.4, 0.5) is 0 Å². The standard InChI is InChI=1S/C12H16BrN3.2ClH/c1-2-12(16-5-3-14-4-6-16)10-7-11(13)9-15-8-10;;/h2,7-9,12,14H,1,3-6H2;2*1H/t12-;;/m1../s1. The topological polar surface area (TPSA) is 28.2 Å². The predicted octanol–water partition coefficient (Wildman–Crippen LogP) is 2.82. The van der Waals surface area contributed by atoms with E-state index in [1.54, 1.807) is 6.20 Å². The van der Waals surface area contributed by atoms with E-state index in [-0.39, 0.29) is 30.9 Å². The van der Waals surface area contributed by atoms with Crippen molar-refractivity contribution in [1.29, 1.82) is 0 Å². The van der Waals surface area contributed by atoms with E-state index < -0.39 is 0 Å². The van der Waals surface area contributed by atoms with Crippen molar-refractivity contribution in [2.75, 3.05) is 26.2 Å². The molecule has 2 heterocycles. The summed E-state index contributed by atoms with van der Waals surface area (Å²) in [6.07, 6.45) is 5.72. The normalized spacial score (nSPS) is 17.2. The van der Waals surface area contributed by atoms with Crippen LogP contribution in [0.2, 0.25) is 0 Å². The molecule has 0 saturated carbocycles. The molecule has 1 aromatic heterocycles. The average molecular weight is 355 g/mol. The molecular weight excluding hydrogens is 337 g/mol. The Kier molecular flexibility index (Phi) is 8.82. The Morgan fingerprint density at radius 2 is 2.00 bits per heavy atom. The quantitative estimate of drug-likeness (QED) is 0.846. The maximum absolute atomic E-state index is 4.21. The fraction of sp³-hybridized carbons (Fsp3) is 0.417. The lowest BCUT2D eigenvalue weighted by Crippen LogP contribution is -2.44. The van der Waals surface area contributed by atoms with Crippen molar-refractivity contribution in [2.45, 2.75) is 6.04 Å². The number of hydrogen-bond acceptors (Lipinski definition) is 3.